The molecule has 1 aromatic heterocycles. The summed E-state index contributed by atoms with van der Waals surface area (Å²) in [4.78, 5) is 28.7. The Kier molecular flexibility index (Phi) is 5.08. The molecule has 0 unspecified atom stereocenters. The molecular formula is C18H17N5O3. The highest BCUT2D eigenvalue weighted by Crippen LogP contribution is 2.26. The van der Waals surface area contributed by atoms with Crippen LogP contribution in [0.25, 0.3) is 0 Å². The van der Waals surface area contributed by atoms with Crippen molar-refractivity contribution in [1.82, 2.24) is 4.98 Å². The van der Waals surface area contributed by atoms with Crippen molar-refractivity contribution in [1.29, 1.82) is 5.26 Å². The van der Waals surface area contributed by atoms with Gasteiger partial charge in [0.2, 0.25) is 11.6 Å². The summed E-state index contributed by atoms with van der Waals surface area (Å²) < 4.78 is 0. The lowest BCUT2D eigenvalue weighted by atomic mass is 9.95. The Morgan fingerprint density at radius 3 is 2.54 bits per heavy atom. The van der Waals surface area contributed by atoms with Gasteiger partial charge >= 0.3 is 5.69 Å². The highest BCUT2D eigenvalue weighted by molar-refractivity contribution is 5.92. The third kappa shape index (κ3) is 3.78. The molecule has 1 aromatic carbocycles. The van der Waals surface area contributed by atoms with Gasteiger partial charge in [0.15, 0.2) is 0 Å². The summed E-state index contributed by atoms with van der Waals surface area (Å²) in [6.45, 7) is 1.20. The maximum Gasteiger partial charge on any atom is 0.305 e. The minimum absolute atomic E-state index is 0.00905. The number of amides is 1. The van der Waals surface area contributed by atoms with Crippen LogP contribution in [-0.2, 0) is 4.79 Å². The Balaban J connectivity index is 1.62. The molecule has 3 rings (SSSR count). The molecule has 0 saturated carbocycles. The second-order valence-electron chi connectivity index (χ2n) is 6.02. The summed E-state index contributed by atoms with van der Waals surface area (Å²) in [5.74, 6) is 0.416. The molecule has 0 aliphatic carbocycles. The zero-order valence-corrected chi connectivity index (χ0v) is 14.0. The van der Waals surface area contributed by atoms with E-state index >= 15 is 0 Å². The molecule has 1 aliphatic heterocycles. The van der Waals surface area contributed by atoms with Crippen LogP contribution in [0, 0.1) is 27.4 Å². The summed E-state index contributed by atoms with van der Waals surface area (Å²) >= 11 is 0. The highest BCUT2D eigenvalue weighted by atomic mass is 16.6. The van der Waals surface area contributed by atoms with E-state index in [0.29, 0.717) is 31.7 Å². The highest BCUT2D eigenvalue weighted by Gasteiger charge is 2.26. The topological polar surface area (TPSA) is 112 Å². The molecule has 26 heavy (non-hydrogen) atoms. The fraction of sp³-hybridized carbons (Fsp3) is 0.278. The van der Waals surface area contributed by atoms with Crippen LogP contribution in [0.4, 0.5) is 17.2 Å². The SMILES string of the molecule is N#Cc1nc(N2CCC(C(=O)Nc3ccccc3)CC2)ccc1[N+](=O)[O-]. The van der Waals surface area contributed by atoms with Gasteiger partial charge in [-0.3, -0.25) is 14.9 Å². The number of carbonyl (C=O) groups excluding carboxylic acids is 1. The summed E-state index contributed by atoms with van der Waals surface area (Å²) in [6.07, 6.45) is 1.30. The Morgan fingerprint density at radius 1 is 1.23 bits per heavy atom. The number of pyridine rings is 1. The quantitative estimate of drug-likeness (QED) is 0.669. The number of rotatable bonds is 4. The van der Waals surface area contributed by atoms with E-state index in [1.54, 1.807) is 12.1 Å². The molecule has 8 nitrogen and oxygen atoms in total. The molecule has 2 heterocycles. The van der Waals surface area contributed by atoms with Crippen LogP contribution in [0.1, 0.15) is 18.5 Å². The molecule has 1 aliphatic rings. The first kappa shape index (κ1) is 17.4. The summed E-state index contributed by atoms with van der Waals surface area (Å²) in [5.41, 5.74) is 0.278. The van der Waals surface area contributed by atoms with Crippen LogP contribution in [-0.4, -0.2) is 28.9 Å². The van der Waals surface area contributed by atoms with Crippen LogP contribution >= 0.6 is 0 Å². The van der Waals surface area contributed by atoms with Crippen molar-refractivity contribution in [3.8, 4) is 6.07 Å². The maximum atomic E-state index is 12.4. The predicted octanol–water partition coefficient (Wildman–Crippen LogP) is 2.72. The molecule has 8 heteroatoms. The Hall–Kier alpha value is -3.47. The second-order valence-corrected chi connectivity index (χ2v) is 6.02. The number of hydrogen-bond donors (Lipinski definition) is 1. The van der Waals surface area contributed by atoms with Crippen molar-refractivity contribution in [2.45, 2.75) is 12.8 Å². The van der Waals surface area contributed by atoms with Gasteiger partial charge in [-0.25, -0.2) is 4.98 Å². The lowest BCUT2D eigenvalue weighted by Gasteiger charge is -2.32. The van der Waals surface area contributed by atoms with Gasteiger partial charge in [0.05, 0.1) is 4.92 Å². The lowest BCUT2D eigenvalue weighted by Crippen LogP contribution is -2.38. The van der Waals surface area contributed by atoms with Crippen LogP contribution in [0.15, 0.2) is 42.5 Å². The number of para-hydroxylation sites is 1. The second kappa shape index (κ2) is 7.61. The van der Waals surface area contributed by atoms with Crippen molar-refractivity contribution in [3.63, 3.8) is 0 Å². The zero-order chi connectivity index (χ0) is 18.5. The van der Waals surface area contributed by atoms with E-state index in [4.69, 9.17) is 5.26 Å². The van der Waals surface area contributed by atoms with Gasteiger partial charge in [0, 0.05) is 30.8 Å². The van der Waals surface area contributed by atoms with Crippen molar-refractivity contribution in [3.05, 3.63) is 58.3 Å². The largest absolute Gasteiger partial charge is 0.357 e. The van der Waals surface area contributed by atoms with Crippen molar-refractivity contribution in [2.24, 2.45) is 5.92 Å². The Labute approximate surface area is 150 Å². The van der Waals surface area contributed by atoms with E-state index in [1.807, 2.05) is 35.2 Å². The molecule has 0 atom stereocenters. The maximum absolute atomic E-state index is 12.4. The molecule has 2 aromatic rings. The first-order valence-electron chi connectivity index (χ1n) is 8.25. The van der Waals surface area contributed by atoms with Crippen LogP contribution in [0.3, 0.4) is 0 Å². The molecule has 1 fully saturated rings. The number of hydrogen-bond acceptors (Lipinski definition) is 6. The van der Waals surface area contributed by atoms with Crippen LogP contribution < -0.4 is 10.2 Å². The summed E-state index contributed by atoms with van der Waals surface area (Å²) in [5, 5.41) is 22.9. The van der Waals surface area contributed by atoms with E-state index in [-0.39, 0.29) is 23.2 Å². The molecule has 1 saturated heterocycles. The molecular weight excluding hydrogens is 334 g/mol. The smallest absolute Gasteiger partial charge is 0.305 e. The third-order valence-electron chi connectivity index (χ3n) is 4.39. The molecule has 132 valence electrons. The van der Waals surface area contributed by atoms with E-state index in [2.05, 4.69) is 10.3 Å². The first-order valence-corrected chi connectivity index (χ1v) is 8.25. The van der Waals surface area contributed by atoms with E-state index in [9.17, 15) is 14.9 Å². The van der Waals surface area contributed by atoms with Gasteiger partial charge in [-0.15, -0.1) is 0 Å². The van der Waals surface area contributed by atoms with Gasteiger partial charge in [-0.1, -0.05) is 18.2 Å². The summed E-state index contributed by atoms with van der Waals surface area (Å²) in [7, 11) is 0. The molecule has 0 radical (unpaired) electrons. The number of nitro groups is 1. The fourth-order valence-corrected chi connectivity index (χ4v) is 2.98. The van der Waals surface area contributed by atoms with Crippen molar-refractivity contribution >= 4 is 23.1 Å². The molecule has 0 spiro atoms. The van der Waals surface area contributed by atoms with E-state index < -0.39 is 4.92 Å². The fourth-order valence-electron chi connectivity index (χ4n) is 2.98. The van der Waals surface area contributed by atoms with E-state index in [1.165, 1.54) is 6.07 Å². The van der Waals surface area contributed by atoms with Gasteiger partial charge in [-0.05, 0) is 31.0 Å². The molecule has 0 bridgehead atoms. The number of nitrogens with zero attached hydrogens (tertiary/aromatic N) is 4. The molecule has 1 amide bonds. The monoisotopic (exact) mass is 351 g/mol. The Bertz CT molecular complexity index is 855. The normalized spacial score (nSPS) is 14.5. The average Bonchev–Trinajstić information content (AvgIpc) is 2.68. The zero-order valence-electron chi connectivity index (χ0n) is 14.0. The molecule has 1 N–H and O–H groups in total. The van der Waals surface area contributed by atoms with Gasteiger partial charge in [-0.2, -0.15) is 5.26 Å². The van der Waals surface area contributed by atoms with Gasteiger partial charge in [0.25, 0.3) is 0 Å². The number of aromatic nitrogens is 1. The Morgan fingerprint density at radius 2 is 1.92 bits per heavy atom. The number of carbonyl (C=O) groups is 1. The van der Waals surface area contributed by atoms with Crippen LogP contribution in [0.2, 0.25) is 0 Å². The van der Waals surface area contributed by atoms with Crippen molar-refractivity contribution in [2.75, 3.05) is 23.3 Å². The average molecular weight is 351 g/mol. The minimum atomic E-state index is -0.616. The van der Waals surface area contributed by atoms with Crippen molar-refractivity contribution < 1.29 is 9.72 Å². The number of piperidine rings is 1. The predicted molar refractivity (Wildman–Crippen MR) is 95.6 cm³/mol. The van der Waals surface area contributed by atoms with Gasteiger partial charge in [0.1, 0.15) is 11.9 Å². The number of benzene rings is 1. The van der Waals surface area contributed by atoms with E-state index in [0.717, 1.165) is 5.69 Å². The first-order chi connectivity index (χ1) is 12.6. The third-order valence-corrected chi connectivity index (χ3v) is 4.39. The number of nitriles is 1. The van der Waals surface area contributed by atoms with Crippen LogP contribution in [0.5, 0.6) is 0 Å². The number of anilines is 2. The lowest BCUT2D eigenvalue weighted by molar-refractivity contribution is -0.385. The van der Waals surface area contributed by atoms with Gasteiger partial charge < -0.3 is 10.2 Å². The number of nitrogens with one attached hydrogen (secondary N) is 1. The standard InChI is InChI=1S/C18H17N5O3/c19-12-15-16(23(25)26)6-7-17(21-15)22-10-8-13(9-11-22)18(24)20-14-4-2-1-3-5-14/h1-7,13H,8-11H2,(H,20,24). The minimum Gasteiger partial charge on any atom is -0.357 e. The summed E-state index contributed by atoms with van der Waals surface area (Å²) in [6, 6.07) is 13.9.